The second-order valence-electron chi connectivity index (χ2n) is 5.45. The van der Waals surface area contributed by atoms with E-state index < -0.39 is 17.5 Å². The molecule has 24 heavy (non-hydrogen) atoms. The molecule has 0 saturated carbocycles. The Morgan fingerprint density at radius 1 is 1.38 bits per heavy atom. The van der Waals surface area contributed by atoms with Gasteiger partial charge in [0, 0.05) is 31.0 Å². The molecule has 1 atom stereocenters. The Hall–Kier alpha value is -1.41. The first-order chi connectivity index (χ1) is 11.1. The summed E-state index contributed by atoms with van der Waals surface area (Å²) in [7, 11) is 3.11. The fourth-order valence-electron chi connectivity index (χ4n) is 2.07. The number of methoxy groups -OCH3 is 1. The van der Waals surface area contributed by atoms with E-state index in [1.165, 1.54) is 25.5 Å². The molecule has 0 heterocycles. The largest absolute Gasteiger partial charge is 0.496 e. The average Bonchev–Trinajstić information content (AvgIpc) is 2.52. The van der Waals surface area contributed by atoms with Crippen molar-refractivity contribution in [3.8, 4) is 5.75 Å². The summed E-state index contributed by atoms with van der Waals surface area (Å²) >= 11 is 0.915. The van der Waals surface area contributed by atoms with Gasteiger partial charge in [-0.25, -0.2) is 4.99 Å². The van der Waals surface area contributed by atoms with Crippen LogP contribution in [0.2, 0.25) is 0 Å². The Bertz CT molecular complexity index is 593. The van der Waals surface area contributed by atoms with Crippen molar-refractivity contribution in [3.63, 3.8) is 0 Å². The van der Waals surface area contributed by atoms with E-state index in [9.17, 15) is 18.3 Å². The van der Waals surface area contributed by atoms with Crippen LogP contribution in [-0.2, 0) is 5.60 Å². The highest BCUT2D eigenvalue weighted by Gasteiger charge is 2.56. The summed E-state index contributed by atoms with van der Waals surface area (Å²) in [4.78, 5) is 6.10. The average molecular weight is 364 g/mol. The van der Waals surface area contributed by atoms with Crippen molar-refractivity contribution in [2.24, 2.45) is 4.99 Å². The maximum absolute atomic E-state index is 13.5. The van der Waals surface area contributed by atoms with E-state index in [2.05, 4.69) is 4.99 Å². The lowest BCUT2D eigenvalue weighted by molar-refractivity contribution is -0.256. The van der Waals surface area contributed by atoms with E-state index in [0.29, 0.717) is 11.3 Å². The van der Waals surface area contributed by atoms with Gasteiger partial charge in [-0.15, -0.1) is 0 Å². The molecule has 0 bridgehead atoms. The highest BCUT2D eigenvalue weighted by atomic mass is 32.2. The molecule has 0 spiro atoms. The number of thioether (sulfide) groups is 1. The molecule has 8 heteroatoms. The summed E-state index contributed by atoms with van der Waals surface area (Å²) in [6.45, 7) is 4.35. The smallest absolute Gasteiger partial charge is 0.422 e. The molecule has 1 unspecified atom stereocenters. The number of rotatable bonds is 7. The molecule has 0 amide bonds. The Kier molecular flexibility index (Phi) is 6.97. The lowest BCUT2D eigenvalue weighted by Gasteiger charge is -2.32. The summed E-state index contributed by atoms with van der Waals surface area (Å²) in [5, 5.41) is 10.3. The van der Waals surface area contributed by atoms with Gasteiger partial charge < -0.3 is 14.7 Å². The molecule has 0 aliphatic rings. The van der Waals surface area contributed by atoms with Crippen molar-refractivity contribution in [1.29, 1.82) is 0 Å². The minimum atomic E-state index is -4.82. The van der Waals surface area contributed by atoms with Gasteiger partial charge in [-0.1, -0.05) is 0 Å². The third kappa shape index (κ3) is 4.36. The highest BCUT2D eigenvalue weighted by Crippen LogP contribution is 2.46. The Morgan fingerprint density at radius 2 is 2.00 bits per heavy atom. The van der Waals surface area contributed by atoms with Crippen LogP contribution in [0.1, 0.15) is 18.1 Å². The Morgan fingerprint density at radius 3 is 2.46 bits per heavy atom. The van der Waals surface area contributed by atoms with Crippen LogP contribution in [0.15, 0.2) is 17.1 Å². The van der Waals surface area contributed by atoms with Crippen molar-refractivity contribution in [1.82, 2.24) is 4.90 Å². The van der Waals surface area contributed by atoms with Gasteiger partial charge in [-0.05, 0) is 31.7 Å². The van der Waals surface area contributed by atoms with Gasteiger partial charge in [0.1, 0.15) is 5.75 Å². The van der Waals surface area contributed by atoms with Gasteiger partial charge >= 0.3 is 6.18 Å². The quantitative estimate of drug-likeness (QED) is 0.592. The number of alkyl halides is 3. The van der Waals surface area contributed by atoms with Crippen molar-refractivity contribution >= 4 is 23.8 Å². The number of aliphatic imine (C=N–C) groups is 1. The van der Waals surface area contributed by atoms with Crippen LogP contribution >= 0.6 is 11.8 Å². The minimum Gasteiger partial charge on any atom is -0.496 e. The Labute approximate surface area is 144 Å². The second-order valence-corrected chi connectivity index (χ2v) is 6.31. The van der Waals surface area contributed by atoms with Crippen molar-refractivity contribution in [2.75, 3.05) is 32.7 Å². The molecule has 1 rings (SSSR count). The van der Waals surface area contributed by atoms with E-state index >= 15 is 0 Å². The number of aliphatic hydroxyl groups is 1. The molecule has 1 aromatic rings. The van der Waals surface area contributed by atoms with Crippen LogP contribution in [0.3, 0.4) is 0 Å². The molecule has 136 valence electrons. The molecule has 1 N–H and O–H groups in total. The van der Waals surface area contributed by atoms with Gasteiger partial charge in [0.05, 0.1) is 19.1 Å². The Balaban J connectivity index is 3.45. The lowest BCUT2D eigenvalue weighted by atomic mass is 9.92. The predicted octanol–water partition coefficient (Wildman–Crippen LogP) is 3.73. The number of hydrogen-bond donors (Lipinski definition) is 1. The van der Waals surface area contributed by atoms with Crippen LogP contribution in [-0.4, -0.2) is 55.2 Å². The first-order valence-corrected chi connectivity index (χ1v) is 8.71. The van der Waals surface area contributed by atoms with Gasteiger partial charge in [-0.2, -0.15) is 24.9 Å². The van der Waals surface area contributed by atoms with Gasteiger partial charge in [0.2, 0.25) is 0 Å². The van der Waals surface area contributed by atoms with Crippen LogP contribution in [0, 0.1) is 6.92 Å². The number of benzene rings is 1. The third-order valence-electron chi connectivity index (χ3n) is 3.68. The maximum atomic E-state index is 13.5. The van der Waals surface area contributed by atoms with Crippen LogP contribution in [0.25, 0.3) is 0 Å². The maximum Gasteiger partial charge on any atom is 0.422 e. The van der Waals surface area contributed by atoms with E-state index in [4.69, 9.17) is 4.74 Å². The van der Waals surface area contributed by atoms with Gasteiger partial charge in [0.15, 0.2) is 5.60 Å². The summed E-state index contributed by atoms with van der Waals surface area (Å²) in [5.74, 6) is -0.561. The molecule has 0 aliphatic carbocycles. The number of ether oxygens (including phenoxy) is 1. The molecular formula is C16H23F3N2O2S. The zero-order valence-electron chi connectivity index (χ0n) is 14.4. The second kappa shape index (κ2) is 8.11. The van der Waals surface area contributed by atoms with Crippen LogP contribution in [0.5, 0.6) is 5.75 Å². The van der Waals surface area contributed by atoms with Crippen LogP contribution < -0.4 is 4.74 Å². The van der Waals surface area contributed by atoms with E-state index in [1.807, 2.05) is 18.9 Å². The topological polar surface area (TPSA) is 45.1 Å². The molecule has 1 aromatic carbocycles. The zero-order valence-corrected chi connectivity index (χ0v) is 15.3. The lowest BCUT2D eigenvalue weighted by Crippen LogP contribution is -2.44. The van der Waals surface area contributed by atoms with Crippen molar-refractivity contribution < 1.29 is 23.0 Å². The van der Waals surface area contributed by atoms with Crippen LogP contribution in [0.4, 0.5) is 18.9 Å². The predicted molar refractivity (Wildman–Crippen MR) is 92.5 cm³/mol. The molecule has 0 aliphatic heterocycles. The standard InChI is InChI=1S/C16H23F3N2O2S/c1-6-21(3)10-20-13-8-14(23-4)12(7-11(13)2)15(22,9-24-5)16(17,18)19/h7-8,10,22H,6,9H2,1-5H3. The van der Waals surface area contributed by atoms with E-state index in [1.54, 1.807) is 13.3 Å². The number of hydrogen-bond acceptors (Lipinski definition) is 4. The first-order valence-electron chi connectivity index (χ1n) is 7.32. The number of aryl methyl sites for hydroxylation is 1. The zero-order chi connectivity index (χ0) is 18.5. The summed E-state index contributed by atoms with van der Waals surface area (Å²) < 4.78 is 45.5. The molecule has 0 fully saturated rings. The summed E-state index contributed by atoms with van der Waals surface area (Å²) in [6.07, 6.45) is -1.71. The van der Waals surface area contributed by atoms with E-state index in [-0.39, 0.29) is 11.3 Å². The normalized spacial score (nSPS) is 14.7. The van der Waals surface area contributed by atoms with Gasteiger partial charge in [-0.3, -0.25) is 0 Å². The highest BCUT2D eigenvalue weighted by molar-refractivity contribution is 7.98. The molecular weight excluding hydrogens is 341 g/mol. The fraction of sp³-hybridized carbons (Fsp3) is 0.562. The third-order valence-corrected chi connectivity index (χ3v) is 4.38. The molecule has 0 aromatic heterocycles. The minimum absolute atomic E-state index is 0.0409. The molecule has 0 saturated heterocycles. The summed E-state index contributed by atoms with van der Waals surface area (Å²) in [6, 6.07) is 2.71. The van der Waals surface area contributed by atoms with Gasteiger partial charge in [0.25, 0.3) is 0 Å². The first kappa shape index (κ1) is 20.6. The molecule has 0 radical (unpaired) electrons. The SMILES string of the molecule is CCN(C)C=Nc1cc(OC)c(C(O)(CSC)C(F)(F)F)cc1C. The monoisotopic (exact) mass is 364 g/mol. The van der Waals surface area contributed by atoms with E-state index in [0.717, 1.165) is 18.3 Å². The van der Waals surface area contributed by atoms with Crippen molar-refractivity contribution in [3.05, 3.63) is 23.3 Å². The summed E-state index contributed by atoms with van der Waals surface area (Å²) in [5.41, 5.74) is -2.27. The number of nitrogens with zero attached hydrogens (tertiary/aromatic N) is 2. The van der Waals surface area contributed by atoms with Crippen molar-refractivity contribution in [2.45, 2.75) is 25.6 Å². The molecule has 4 nitrogen and oxygen atoms in total. The fourth-order valence-corrected chi connectivity index (χ4v) is 2.81. The number of halogens is 3.